The quantitative estimate of drug-likeness (QED) is 0.194. The van der Waals surface area contributed by atoms with Crippen molar-refractivity contribution in [3.63, 3.8) is 0 Å². The van der Waals surface area contributed by atoms with Crippen LogP contribution in [-0.2, 0) is 38.8 Å². The number of sulfonamides is 1. The summed E-state index contributed by atoms with van der Waals surface area (Å²) in [4.78, 5) is 28.5. The smallest absolute Gasteiger partial charge is 0.357 e. The molecule has 0 saturated heterocycles. The lowest BCUT2D eigenvalue weighted by Crippen LogP contribution is -2.53. The van der Waals surface area contributed by atoms with Gasteiger partial charge < -0.3 is 10.2 Å². The highest BCUT2D eigenvalue weighted by atomic mass is 35.5. The van der Waals surface area contributed by atoms with Crippen LogP contribution in [0.5, 0.6) is 0 Å². The number of nitrogens with one attached hydrogen (secondary N) is 1. The van der Waals surface area contributed by atoms with E-state index in [0.29, 0.717) is 21.0 Å². The second kappa shape index (κ2) is 14.4. The molecule has 0 aliphatic carbocycles. The van der Waals surface area contributed by atoms with Gasteiger partial charge in [0.1, 0.15) is 12.6 Å². The van der Waals surface area contributed by atoms with E-state index in [4.69, 9.17) is 23.2 Å². The van der Waals surface area contributed by atoms with Crippen LogP contribution in [0.3, 0.4) is 0 Å². The van der Waals surface area contributed by atoms with E-state index >= 15 is 0 Å². The predicted molar refractivity (Wildman–Crippen MR) is 167 cm³/mol. The minimum Gasteiger partial charge on any atom is -0.357 e. The second-order valence-electron chi connectivity index (χ2n) is 9.96. The van der Waals surface area contributed by atoms with E-state index in [1.54, 1.807) is 60.7 Å². The van der Waals surface area contributed by atoms with Gasteiger partial charge in [-0.15, -0.1) is 0 Å². The zero-order valence-corrected chi connectivity index (χ0v) is 26.2. The molecule has 0 radical (unpaired) electrons. The van der Waals surface area contributed by atoms with Gasteiger partial charge in [-0.1, -0.05) is 83.9 Å². The number of benzene rings is 4. The van der Waals surface area contributed by atoms with Gasteiger partial charge in [-0.3, -0.25) is 13.9 Å². The Kier molecular flexibility index (Phi) is 10.8. The molecule has 7 nitrogen and oxygen atoms in total. The van der Waals surface area contributed by atoms with Crippen LogP contribution in [0, 0.1) is 0 Å². The molecule has 0 aliphatic rings. The summed E-state index contributed by atoms with van der Waals surface area (Å²) in [5, 5.41) is 2.66. The number of rotatable bonds is 11. The zero-order chi connectivity index (χ0) is 32.8. The molecular weight excluding hydrogens is 650 g/mol. The van der Waals surface area contributed by atoms with Crippen molar-refractivity contribution in [1.29, 1.82) is 0 Å². The van der Waals surface area contributed by atoms with E-state index in [1.165, 1.54) is 36.2 Å². The van der Waals surface area contributed by atoms with Gasteiger partial charge in [-0.2, -0.15) is 13.2 Å². The second-order valence-corrected chi connectivity index (χ2v) is 12.7. The number of carbonyl (C=O) groups excluding carboxylic acids is 2. The highest BCUT2D eigenvalue weighted by Crippen LogP contribution is 2.37. The van der Waals surface area contributed by atoms with Gasteiger partial charge in [0, 0.05) is 25.0 Å². The van der Waals surface area contributed by atoms with Crippen molar-refractivity contribution < 1.29 is 31.2 Å². The Morgan fingerprint density at radius 2 is 1.44 bits per heavy atom. The molecule has 1 atom stereocenters. The summed E-state index contributed by atoms with van der Waals surface area (Å²) in [6.45, 7) is -1.11. The number of likely N-dealkylation sites (N-methyl/N-ethyl adjacent to an activating group) is 1. The van der Waals surface area contributed by atoms with Crippen LogP contribution in [0.25, 0.3) is 0 Å². The van der Waals surface area contributed by atoms with Crippen molar-refractivity contribution in [3.05, 3.63) is 130 Å². The topological polar surface area (TPSA) is 86.8 Å². The number of hydrogen-bond donors (Lipinski definition) is 1. The molecule has 4 aromatic rings. The number of halogens is 5. The van der Waals surface area contributed by atoms with E-state index in [9.17, 15) is 31.2 Å². The van der Waals surface area contributed by atoms with Crippen molar-refractivity contribution >= 4 is 50.7 Å². The molecule has 0 fully saturated rings. The fourth-order valence-electron chi connectivity index (χ4n) is 4.62. The number of nitrogens with zero attached hydrogens (tertiary/aromatic N) is 2. The van der Waals surface area contributed by atoms with Crippen LogP contribution >= 0.6 is 23.2 Å². The predicted octanol–water partition coefficient (Wildman–Crippen LogP) is 6.59. The third kappa shape index (κ3) is 8.36. The normalized spacial score (nSPS) is 12.3. The van der Waals surface area contributed by atoms with E-state index in [2.05, 4.69) is 5.32 Å². The number of carbonyl (C=O) groups is 2. The Bertz CT molecular complexity index is 1740. The van der Waals surface area contributed by atoms with Gasteiger partial charge >= 0.3 is 6.18 Å². The van der Waals surface area contributed by atoms with Gasteiger partial charge in [0.15, 0.2) is 0 Å². The van der Waals surface area contributed by atoms with Crippen LogP contribution < -0.4 is 9.62 Å². The Hall–Kier alpha value is -4.06. The van der Waals surface area contributed by atoms with Crippen LogP contribution in [0.15, 0.2) is 108 Å². The zero-order valence-electron chi connectivity index (χ0n) is 23.8. The van der Waals surface area contributed by atoms with Crippen molar-refractivity contribution in [2.45, 2.75) is 30.1 Å². The maximum atomic E-state index is 14.3. The molecule has 2 amide bonds. The molecule has 4 aromatic carbocycles. The summed E-state index contributed by atoms with van der Waals surface area (Å²) in [5.74, 6) is -1.39. The first-order chi connectivity index (χ1) is 21.3. The lowest BCUT2D eigenvalue weighted by molar-refractivity contribution is -0.139. The standard InChI is InChI=1S/C32H28Cl2F3N3O4S/c1-38-31(42)29(18-22-8-4-2-5-9-22)39(20-23-12-15-25(33)16-13-23)30(41)21-40(45(43,44)26-10-6-3-7-11-26)28-19-24(32(35,36)37)14-17-27(28)34/h2-17,19,29H,18,20-21H2,1H3,(H,38,42)/t29-/m0/s1. The van der Waals surface area contributed by atoms with Gasteiger partial charge in [-0.25, -0.2) is 8.42 Å². The largest absolute Gasteiger partial charge is 0.416 e. The monoisotopic (exact) mass is 677 g/mol. The Labute approximate surface area is 269 Å². The maximum Gasteiger partial charge on any atom is 0.416 e. The Balaban J connectivity index is 1.85. The van der Waals surface area contributed by atoms with Crippen LogP contribution in [0.4, 0.5) is 18.9 Å². The molecule has 0 heterocycles. The number of amides is 2. The molecular formula is C32H28Cl2F3N3O4S. The summed E-state index contributed by atoms with van der Waals surface area (Å²) < 4.78 is 69.7. The molecule has 0 aromatic heterocycles. The highest BCUT2D eigenvalue weighted by molar-refractivity contribution is 7.92. The lowest BCUT2D eigenvalue weighted by atomic mass is 10.0. The third-order valence-corrected chi connectivity index (χ3v) is 9.28. The molecule has 236 valence electrons. The molecule has 13 heteroatoms. The van der Waals surface area contributed by atoms with Gasteiger partial charge in [0.25, 0.3) is 10.0 Å². The fraction of sp³-hybridized carbons (Fsp3) is 0.188. The van der Waals surface area contributed by atoms with Gasteiger partial charge in [0.05, 0.1) is 21.2 Å². The number of alkyl halides is 3. The summed E-state index contributed by atoms with van der Waals surface area (Å²) in [6.07, 6.45) is -4.76. The summed E-state index contributed by atoms with van der Waals surface area (Å²) in [5.41, 5.74) is -0.415. The molecule has 4 rings (SSSR count). The Morgan fingerprint density at radius 3 is 2.02 bits per heavy atom. The SMILES string of the molecule is CNC(=O)[C@H](Cc1ccccc1)N(Cc1ccc(Cl)cc1)C(=O)CN(c1cc(C(F)(F)F)ccc1Cl)S(=O)(=O)c1ccccc1. The van der Waals surface area contributed by atoms with Crippen molar-refractivity contribution in [2.75, 3.05) is 17.9 Å². The minimum atomic E-state index is -4.83. The first kappa shape index (κ1) is 33.8. The molecule has 1 N–H and O–H groups in total. The third-order valence-electron chi connectivity index (χ3n) is 6.94. The van der Waals surface area contributed by atoms with E-state index in [1.807, 2.05) is 0 Å². The van der Waals surface area contributed by atoms with E-state index in [0.717, 1.165) is 17.7 Å². The van der Waals surface area contributed by atoms with E-state index in [-0.39, 0.29) is 22.9 Å². The first-order valence-corrected chi connectivity index (χ1v) is 15.7. The van der Waals surface area contributed by atoms with Crippen molar-refractivity contribution in [1.82, 2.24) is 10.2 Å². The Morgan fingerprint density at radius 1 is 0.844 bits per heavy atom. The summed E-state index contributed by atoms with van der Waals surface area (Å²) >= 11 is 12.4. The van der Waals surface area contributed by atoms with Gasteiger partial charge in [0.2, 0.25) is 11.8 Å². The van der Waals surface area contributed by atoms with E-state index < -0.39 is 51.9 Å². The first-order valence-electron chi connectivity index (χ1n) is 13.5. The van der Waals surface area contributed by atoms with Crippen LogP contribution in [0.1, 0.15) is 16.7 Å². The molecule has 0 saturated carbocycles. The van der Waals surface area contributed by atoms with Gasteiger partial charge in [-0.05, 0) is 53.6 Å². The molecule has 0 aliphatic heterocycles. The number of hydrogen-bond acceptors (Lipinski definition) is 4. The highest BCUT2D eigenvalue weighted by Gasteiger charge is 2.37. The summed E-state index contributed by atoms with van der Waals surface area (Å²) in [6, 6.07) is 23.4. The van der Waals surface area contributed by atoms with Crippen molar-refractivity contribution in [2.24, 2.45) is 0 Å². The maximum absolute atomic E-state index is 14.3. The minimum absolute atomic E-state index is 0.0651. The average molecular weight is 679 g/mol. The molecule has 0 spiro atoms. The van der Waals surface area contributed by atoms with Crippen LogP contribution in [-0.4, -0.2) is 44.8 Å². The number of anilines is 1. The molecule has 45 heavy (non-hydrogen) atoms. The summed E-state index contributed by atoms with van der Waals surface area (Å²) in [7, 11) is -3.24. The molecule has 0 unspecified atom stereocenters. The van der Waals surface area contributed by atoms with Crippen molar-refractivity contribution in [3.8, 4) is 0 Å². The average Bonchev–Trinajstić information content (AvgIpc) is 3.02. The fourth-order valence-corrected chi connectivity index (χ4v) is 6.46. The lowest BCUT2D eigenvalue weighted by Gasteiger charge is -2.34. The molecule has 0 bridgehead atoms. The van der Waals surface area contributed by atoms with Crippen LogP contribution in [0.2, 0.25) is 10.0 Å².